The van der Waals surface area contributed by atoms with Gasteiger partial charge in [0.15, 0.2) is 5.82 Å². The number of nitrogens with zero attached hydrogens (tertiary/aromatic N) is 3. The minimum atomic E-state index is 0.329. The molecule has 0 unspecified atom stereocenters. The summed E-state index contributed by atoms with van der Waals surface area (Å²) in [6, 6.07) is 4.01. The maximum Gasteiger partial charge on any atom is 0.223 e. The molecule has 0 aromatic carbocycles. The fraction of sp³-hybridized carbons (Fsp3) is 0.462. The first kappa shape index (κ1) is 13.0. The molecule has 0 atom stereocenters. The molecule has 2 N–H and O–H groups in total. The highest BCUT2D eigenvalue weighted by atomic mass is 79.9. The first-order valence-electron chi connectivity index (χ1n) is 6.49. The van der Waals surface area contributed by atoms with E-state index in [4.69, 9.17) is 5.73 Å². The largest absolute Gasteiger partial charge is 0.368 e. The lowest BCUT2D eigenvalue weighted by molar-refractivity contribution is 0.428. The van der Waals surface area contributed by atoms with Crippen molar-refractivity contribution in [2.75, 3.05) is 5.73 Å². The highest BCUT2D eigenvalue weighted by molar-refractivity contribution is 9.11. The fourth-order valence-corrected chi connectivity index (χ4v) is 3.82. The van der Waals surface area contributed by atoms with E-state index in [0.29, 0.717) is 17.7 Å². The predicted molar refractivity (Wildman–Crippen MR) is 81.1 cm³/mol. The van der Waals surface area contributed by atoms with Gasteiger partial charge in [-0.05, 0) is 40.9 Å². The van der Waals surface area contributed by atoms with Crippen molar-refractivity contribution in [3.8, 4) is 10.7 Å². The van der Waals surface area contributed by atoms with Gasteiger partial charge in [0.1, 0.15) is 5.82 Å². The van der Waals surface area contributed by atoms with E-state index >= 15 is 0 Å². The predicted octanol–water partition coefficient (Wildman–Crippen LogP) is 3.99. The molecule has 2 heterocycles. The van der Waals surface area contributed by atoms with Crippen molar-refractivity contribution < 1.29 is 0 Å². The molecule has 6 heteroatoms. The molecule has 1 saturated carbocycles. The summed E-state index contributed by atoms with van der Waals surface area (Å²) >= 11 is 5.07. The summed E-state index contributed by atoms with van der Waals surface area (Å²) in [5, 5.41) is 0. The third-order valence-corrected chi connectivity index (χ3v) is 5.05. The summed E-state index contributed by atoms with van der Waals surface area (Å²) in [6.07, 6.45) is 6.17. The zero-order chi connectivity index (χ0) is 13.2. The van der Waals surface area contributed by atoms with Crippen LogP contribution in [0.15, 0.2) is 15.9 Å². The number of aromatic nitrogens is 3. The average Bonchev–Trinajstić information content (AvgIpc) is 2.86. The molecule has 0 aliphatic heterocycles. The lowest BCUT2D eigenvalue weighted by Crippen LogP contribution is -2.12. The third kappa shape index (κ3) is 2.95. The van der Waals surface area contributed by atoms with Gasteiger partial charge < -0.3 is 5.73 Å². The van der Waals surface area contributed by atoms with E-state index < -0.39 is 0 Å². The van der Waals surface area contributed by atoms with Crippen molar-refractivity contribution in [3.05, 3.63) is 21.7 Å². The molecule has 19 heavy (non-hydrogen) atoms. The minimum absolute atomic E-state index is 0.329. The minimum Gasteiger partial charge on any atom is -0.368 e. The van der Waals surface area contributed by atoms with Gasteiger partial charge in [-0.25, -0.2) is 4.98 Å². The summed E-state index contributed by atoms with van der Waals surface area (Å²) in [7, 11) is 0. The lowest BCUT2D eigenvalue weighted by atomic mass is 9.89. The van der Waals surface area contributed by atoms with Crippen LogP contribution in [-0.2, 0) is 0 Å². The molecule has 0 amide bonds. The van der Waals surface area contributed by atoms with Gasteiger partial charge in [-0.2, -0.15) is 9.97 Å². The number of thiophene rings is 1. The number of nitrogens with two attached hydrogens (primary N) is 1. The van der Waals surface area contributed by atoms with Crippen LogP contribution < -0.4 is 5.73 Å². The van der Waals surface area contributed by atoms with Crippen molar-refractivity contribution >= 4 is 33.2 Å². The van der Waals surface area contributed by atoms with Gasteiger partial charge in [0.05, 0.1) is 8.66 Å². The zero-order valence-electron chi connectivity index (χ0n) is 10.5. The Morgan fingerprint density at radius 3 is 2.58 bits per heavy atom. The summed E-state index contributed by atoms with van der Waals surface area (Å²) in [5.41, 5.74) is 5.84. The molecule has 0 bridgehead atoms. The van der Waals surface area contributed by atoms with Crippen molar-refractivity contribution in [1.82, 2.24) is 15.0 Å². The van der Waals surface area contributed by atoms with Crippen LogP contribution in [0.4, 0.5) is 5.95 Å². The second-order valence-corrected chi connectivity index (χ2v) is 7.28. The summed E-state index contributed by atoms with van der Waals surface area (Å²) in [4.78, 5) is 14.2. The highest BCUT2D eigenvalue weighted by Crippen LogP contribution is 2.33. The molecule has 1 aliphatic carbocycles. The SMILES string of the molecule is Nc1nc(-c2ccc(Br)s2)nc(C2CCCCC2)n1. The molecular formula is C13H15BrN4S. The van der Waals surface area contributed by atoms with Gasteiger partial charge in [-0.3, -0.25) is 0 Å². The van der Waals surface area contributed by atoms with Gasteiger partial charge in [-0.15, -0.1) is 11.3 Å². The van der Waals surface area contributed by atoms with E-state index in [-0.39, 0.29) is 0 Å². The Bertz CT molecular complexity index is 578. The molecule has 4 nitrogen and oxygen atoms in total. The van der Waals surface area contributed by atoms with Crippen LogP contribution in [0.2, 0.25) is 0 Å². The molecule has 2 aromatic heterocycles. The van der Waals surface area contributed by atoms with Gasteiger partial charge in [-0.1, -0.05) is 19.3 Å². The first-order valence-corrected chi connectivity index (χ1v) is 8.10. The van der Waals surface area contributed by atoms with Gasteiger partial charge in [0.2, 0.25) is 5.95 Å². The Morgan fingerprint density at radius 2 is 1.89 bits per heavy atom. The molecule has 1 aliphatic rings. The van der Waals surface area contributed by atoms with Gasteiger partial charge in [0.25, 0.3) is 0 Å². The summed E-state index contributed by atoms with van der Waals surface area (Å²) < 4.78 is 1.07. The smallest absolute Gasteiger partial charge is 0.223 e. The average molecular weight is 339 g/mol. The molecule has 0 radical (unpaired) electrons. The molecule has 0 spiro atoms. The van der Waals surface area contributed by atoms with E-state index in [9.17, 15) is 0 Å². The highest BCUT2D eigenvalue weighted by Gasteiger charge is 2.20. The Labute approximate surface area is 124 Å². The van der Waals surface area contributed by atoms with Gasteiger partial charge >= 0.3 is 0 Å². The summed E-state index contributed by atoms with van der Waals surface area (Å²) in [5.74, 6) is 2.34. The number of nitrogen functional groups attached to an aromatic ring is 1. The van der Waals surface area contributed by atoms with Crippen LogP contribution in [0.3, 0.4) is 0 Å². The molecule has 2 aromatic rings. The van der Waals surface area contributed by atoms with Crippen LogP contribution >= 0.6 is 27.3 Å². The third-order valence-electron chi connectivity index (χ3n) is 3.43. The van der Waals surface area contributed by atoms with Gasteiger partial charge in [0, 0.05) is 5.92 Å². The summed E-state index contributed by atoms with van der Waals surface area (Å²) in [6.45, 7) is 0. The number of hydrogen-bond acceptors (Lipinski definition) is 5. The quantitative estimate of drug-likeness (QED) is 0.898. The maximum atomic E-state index is 5.84. The molecule has 100 valence electrons. The van der Waals surface area contributed by atoms with Crippen molar-refractivity contribution in [3.63, 3.8) is 0 Å². The monoisotopic (exact) mass is 338 g/mol. The van der Waals surface area contributed by atoms with E-state index in [1.165, 1.54) is 19.3 Å². The Balaban J connectivity index is 1.95. The molecule has 0 saturated heterocycles. The van der Waals surface area contributed by atoms with E-state index in [0.717, 1.165) is 27.3 Å². The second kappa shape index (κ2) is 5.54. The Kier molecular flexibility index (Phi) is 3.79. The topological polar surface area (TPSA) is 64.7 Å². The van der Waals surface area contributed by atoms with Crippen LogP contribution in [0.25, 0.3) is 10.7 Å². The molecule has 1 fully saturated rings. The van der Waals surface area contributed by atoms with Crippen LogP contribution in [0.5, 0.6) is 0 Å². The van der Waals surface area contributed by atoms with E-state index in [1.807, 2.05) is 12.1 Å². The maximum absolute atomic E-state index is 5.84. The number of rotatable bonds is 2. The normalized spacial score (nSPS) is 16.7. The first-order chi connectivity index (χ1) is 9.22. The van der Waals surface area contributed by atoms with Crippen LogP contribution in [0.1, 0.15) is 43.8 Å². The molecule has 3 rings (SSSR count). The molecular weight excluding hydrogens is 324 g/mol. The second-order valence-electron chi connectivity index (χ2n) is 4.81. The zero-order valence-corrected chi connectivity index (χ0v) is 12.9. The van der Waals surface area contributed by atoms with Crippen LogP contribution in [-0.4, -0.2) is 15.0 Å². The Hall–Kier alpha value is -1.01. The van der Waals surface area contributed by atoms with Crippen molar-refractivity contribution in [2.45, 2.75) is 38.0 Å². The lowest BCUT2D eigenvalue weighted by Gasteiger charge is -2.20. The standard InChI is InChI=1S/C13H15BrN4S/c14-10-7-6-9(19-10)12-16-11(17-13(15)18-12)8-4-2-1-3-5-8/h6-8H,1-5H2,(H2,15,16,17,18). The number of halogens is 1. The number of hydrogen-bond donors (Lipinski definition) is 1. The van der Waals surface area contributed by atoms with Crippen molar-refractivity contribution in [2.24, 2.45) is 0 Å². The van der Waals surface area contributed by atoms with E-state index in [1.54, 1.807) is 11.3 Å². The fourth-order valence-electron chi connectivity index (χ4n) is 2.50. The Morgan fingerprint density at radius 1 is 1.11 bits per heavy atom. The van der Waals surface area contributed by atoms with E-state index in [2.05, 4.69) is 30.9 Å². The number of anilines is 1. The van der Waals surface area contributed by atoms with Crippen LogP contribution in [0, 0.1) is 0 Å². The van der Waals surface area contributed by atoms with Crippen molar-refractivity contribution in [1.29, 1.82) is 0 Å².